The van der Waals surface area contributed by atoms with Gasteiger partial charge in [-0.2, -0.15) is 0 Å². The molecule has 0 spiro atoms. The van der Waals surface area contributed by atoms with Crippen molar-refractivity contribution in [3.63, 3.8) is 0 Å². The van der Waals surface area contributed by atoms with Gasteiger partial charge in [0.05, 0.1) is 0 Å². The molecule has 0 heterocycles. The molecule has 108 heavy (non-hydrogen) atoms. The maximum atomic E-state index is 15.4. The van der Waals surface area contributed by atoms with E-state index >= 15 is 8.78 Å². The molecule has 1 atom stereocenters. The van der Waals surface area contributed by atoms with Gasteiger partial charge in [0, 0.05) is 10.8 Å². The van der Waals surface area contributed by atoms with Crippen LogP contribution in [-0.2, 0) is 0 Å². The summed E-state index contributed by atoms with van der Waals surface area (Å²) >= 11 is 0. The van der Waals surface area contributed by atoms with Gasteiger partial charge < -0.3 is 0 Å². The third-order valence-electron chi connectivity index (χ3n) is 26.3. The highest BCUT2D eigenvalue weighted by Crippen LogP contribution is 2.54. The first kappa shape index (κ1) is 123. The summed E-state index contributed by atoms with van der Waals surface area (Å²) in [4.78, 5) is 0. The zero-order valence-corrected chi connectivity index (χ0v) is 84.1. The third-order valence-corrected chi connectivity index (χ3v) is 26.3. The van der Waals surface area contributed by atoms with Crippen LogP contribution in [0.3, 0.4) is 0 Å². The Labute approximate surface area is 681 Å². The summed E-state index contributed by atoms with van der Waals surface area (Å²) in [7, 11) is 0. The van der Waals surface area contributed by atoms with E-state index in [0.717, 1.165) is 134 Å². The molecule has 3 fully saturated rings. The van der Waals surface area contributed by atoms with Gasteiger partial charge in [-0.25, -0.2) is 30.7 Å². The first-order valence-electron chi connectivity index (χ1n) is 45.7. The zero-order valence-electron chi connectivity index (χ0n) is 84.1. The fraction of sp³-hybridized carbons (Fsp3) is 1.00. The Kier molecular flexibility index (Phi) is 63.0. The Hall–Kier alpha value is -0.490. The maximum Gasteiger partial charge on any atom is 0.118 e. The molecule has 3 aliphatic carbocycles. The SMILES string of the molecule is CC(C)(C)C.CC(C)C(C(C)C)C(C)(F)C(C(C)C)C(C)C.CC(C)C(C(C)C)C(C)(F)C(C)C.CC(C)C(C)(C)C.CC1(C)CCC(C)(F)CC1.CC1(F)CCCC1.CC1(F)CCCCC1.CCC(C)(C)C.CCC(C)(CC)C(C)(F)C(C)(CC)CC.CCC(CC)C(C)(F)C(CC)CC.CCCC(C)(C)C. The van der Waals surface area contributed by atoms with Crippen molar-refractivity contribution in [2.45, 2.75) is 540 Å². The summed E-state index contributed by atoms with van der Waals surface area (Å²) in [6.45, 7) is 105. The second kappa shape index (κ2) is 55.2. The summed E-state index contributed by atoms with van der Waals surface area (Å²) in [6, 6.07) is 0. The van der Waals surface area contributed by atoms with Crippen LogP contribution in [0.15, 0.2) is 0 Å². The Morgan fingerprint density at radius 2 is 0.500 bits per heavy atom. The summed E-state index contributed by atoms with van der Waals surface area (Å²) < 4.78 is 98.1. The maximum absolute atomic E-state index is 15.4. The van der Waals surface area contributed by atoms with Crippen molar-refractivity contribution in [2.24, 2.45) is 115 Å². The summed E-state index contributed by atoms with van der Waals surface area (Å²) in [5, 5.41) is 0. The second-order valence-corrected chi connectivity index (χ2v) is 45.1. The van der Waals surface area contributed by atoms with Gasteiger partial charge in [-0.05, 0) is 236 Å². The minimum absolute atomic E-state index is 0.0994. The van der Waals surface area contributed by atoms with E-state index in [1.54, 1.807) is 34.6 Å². The zero-order chi connectivity index (χ0) is 88.5. The molecule has 0 aromatic heterocycles. The normalized spacial score (nSPS) is 17.4. The summed E-state index contributed by atoms with van der Waals surface area (Å²) in [5.41, 5.74) is -4.58. The molecule has 0 saturated heterocycles. The number of halogens is 7. The Morgan fingerprint density at radius 1 is 0.287 bits per heavy atom. The lowest BCUT2D eigenvalue weighted by Gasteiger charge is -2.51. The Bertz CT molecular complexity index is 1910. The monoisotopic (exact) mass is 1560 g/mol. The highest BCUT2D eigenvalue weighted by molar-refractivity contribution is 5.03. The van der Waals surface area contributed by atoms with Crippen LogP contribution in [0.2, 0.25) is 0 Å². The standard InChI is InChI=1S/C16H33F.C14H29F.2C12H25F.C9H17F.C7H13F.2C7H16.C6H11F.C6H14.C5H12/c1-10(2)14(11(3)4)16(9,17)15(12(5)6)13(7)8;1-8-12(5,9-2)14(7,15)13(6,10-3)11-4;1-8(2)11(9(3)4)12(7,13)10(5)6;1-6-10(7-2)12(5,13)11(8-3)9-4;1-8(2)4-6-9(3,10)7-5-8;1-7(8)5-3-2-4-6-7;1-6(2)7(3,4)5;1-5-6-7(2,3)4;1-6(7)4-2-3-5-6;1-5-6(2,3)4;1-5(2,3)4/h10-15H,1-9H3;8-11H2,1-7H3;8-11H,1-7H3;10-11H,6-9H2,1-5H3;4-7H2,1-3H3;2-6H2,1H3;6H,1-5H3;5-6H2,1-4H3;2-5H2,1H3;5H2,1-4H3;1-4H3. The Morgan fingerprint density at radius 3 is 0.620 bits per heavy atom. The van der Waals surface area contributed by atoms with Gasteiger partial charge in [-0.1, -0.05) is 368 Å². The molecule has 0 amide bonds. The van der Waals surface area contributed by atoms with Crippen molar-refractivity contribution >= 4 is 0 Å². The highest BCUT2D eigenvalue weighted by atomic mass is 19.2. The first-order valence-corrected chi connectivity index (χ1v) is 45.7. The molecule has 0 aromatic carbocycles. The lowest BCUT2D eigenvalue weighted by molar-refractivity contribution is -0.0946. The highest BCUT2D eigenvalue weighted by Gasteiger charge is 2.53. The van der Waals surface area contributed by atoms with E-state index in [-0.39, 0.29) is 46.3 Å². The van der Waals surface area contributed by atoms with Crippen molar-refractivity contribution in [1.29, 1.82) is 0 Å². The van der Waals surface area contributed by atoms with Gasteiger partial charge in [0.2, 0.25) is 0 Å². The second-order valence-electron chi connectivity index (χ2n) is 45.1. The van der Waals surface area contributed by atoms with Crippen LogP contribution in [0, 0.1) is 115 Å². The van der Waals surface area contributed by atoms with Crippen molar-refractivity contribution in [2.75, 3.05) is 0 Å². The molecular weight excluding hydrogens is 1350 g/mol. The summed E-state index contributed by atoms with van der Waals surface area (Å²) in [6.07, 6.45) is 23.7. The van der Waals surface area contributed by atoms with Crippen LogP contribution in [-0.4, -0.2) is 39.7 Å². The molecule has 0 nitrogen and oxygen atoms in total. The van der Waals surface area contributed by atoms with Crippen molar-refractivity contribution in [3.05, 3.63) is 0 Å². The number of rotatable bonds is 23. The van der Waals surface area contributed by atoms with Gasteiger partial charge in [0.15, 0.2) is 0 Å². The molecule has 0 aromatic rings. The molecule has 3 saturated carbocycles. The van der Waals surface area contributed by atoms with E-state index in [4.69, 9.17) is 0 Å². The minimum atomic E-state index is -1.09. The molecule has 3 aliphatic rings. The first-order chi connectivity index (χ1) is 47.9. The molecule has 1 unspecified atom stereocenters. The topological polar surface area (TPSA) is 0 Å². The van der Waals surface area contributed by atoms with E-state index in [9.17, 15) is 22.0 Å². The van der Waals surface area contributed by atoms with Gasteiger partial charge in [0.25, 0.3) is 0 Å². The molecule has 0 aliphatic heterocycles. The van der Waals surface area contributed by atoms with Crippen LogP contribution in [0.5, 0.6) is 0 Å². The van der Waals surface area contributed by atoms with E-state index in [0.29, 0.717) is 62.6 Å². The largest absolute Gasteiger partial charge is 0.244 e. The van der Waals surface area contributed by atoms with E-state index < -0.39 is 39.7 Å². The van der Waals surface area contributed by atoms with Gasteiger partial charge in [-0.3, -0.25) is 0 Å². The number of hydrogen-bond acceptors (Lipinski definition) is 0. The van der Waals surface area contributed by atoms with Crippen LogP contribution in [0.4, 0.5) is 30.7 Å². The Balaban J connectivity index is -0.000000173. The number of alkyl halides is 7. The van der Waals surface area contributed by atoms with Crippen molar-refractivity contribution in [1.82, 2.24) is 0 Å². The van der Waals surface area contributed by atoms with Gasteiger partial charge in [-0.15, -0.1) is 0 Å². The van der Waals surface area contributed by atoms with Gasteiger partial charge in [0.1, 0.15) is 39.7 Å². The molecule has 0 radical (unpaired) electrons. The average Bonchev–Trinajstić information content (AvgIpc) is 0.820. The lowest BCUT2D eigenvalue weighted by Crippen LogP contribution is -2.51. The van der Waals surface area contributed by atoms with E-state index in [1.165, 1.54) is 25.7 Å². The smallest absolute Gasteiger partial charge is 0.118 e. The van der Waals surface area contributed by atoms with Crippen molar-refractivity contribution < 1.29 is 30.7 Å². The third kappa shape index (κ3) is 56.0. The van der Waals surface area contributed by atoms with Crippen LogP contribution < -0.4 is 0 Å². The quantitative estimate of drug-likeness (QED) is 0.0895. The molecule has 664 valence electrons. The molecule has 7 heteroatoms. The molecule has 0 bridgehead atoms. The lowest BCUT2D eigenvalue weighted by atomic mass is 9.57. The van der Waals surface area contributed by atoms with Crippen LogP contribution in [0.1, 0.15) is 500 Å². The van der Waals surface area contributed by atoms with Gasteiger partial charge >= 0.3 is 0 Å². The molecular formula is C101H211F7. The van der Waals surface area contributed by atoms with E-state index in [1.807, 2.05) is 27.7 Å². The average molecular weight is 1560 g/mol. The van der Waals surface area contributed by atoms with Crippen molar-refractivity contribution in [3.8, 4) is 0 Å². The van der Waals surface area contributed by atoms with Crippen LogP contribution >= 0.6 is 0 Å². The fourth-order valence-electron chi connectivity index (χ4n) is 16.5. The molecule has 3 rings (SSSR count). The summed E-state index contributed by atoms with van der Waals surface area (Å²) in [5.74, 6) is 4.20. The molecule has 0 N–H and O–H groups in total. The predicted octanol–water partition coefficient (Wildman–Crippen LogP) is 38.1. The number of hydrogen-bond donors (Lipinski definition) is 0. The van der Waals surface area contributed by atoms with Crippen LogP contribution in [0.25, 0.3) is 0 Å². The minimum Gasteiger partial charge on any atom is -0.244 e. The predicted molar refractivity (Wildman–Crippen MR) is 484 cm³/mol. The van der Waals surface area contributed by atoms with E-state index in [2.05, 4.69) is 284 Å². The fourth-order valence-corrected chi connectivity index (χ4v) is 16.5.